The Morgan fingerprint density at radius 3 is 2.57 bits per heavy atom. The van der Waals surface area contributed by atoms with Crippen molar-refractivity contribution < 1.29 is 9.84 Å². The molecule has 0 bridgehead atoms. The Morgan fingerprint density at radius 2 is 2.07 bits per heavy atom. The summed E-state index contributed by atoms with van der Waals surface area (Å²) in [5.74, 6) is 0. The number of hydrogen-bond acceptors (Lipinski definition) is 4. The van der Waals surface area contributed by atoms with E-state index in [1.54, 1.807) is 7.11 Å². The van der Waals surface area contributed by atoms with Crippen LogP contribution in [0.4, 0.5) is 0 Å². The monoisotopic (exact) mass is 204 g/mol. The summed E-state index contributed by atoms with van der Waals surface area (Å²) in [5, 5.41) is 12.8. The van der Waals surface area contributed by atoms with Crippen LogP contribution in [0.15, 0.2) is 0 Å². The molecular formula is C10H24N2O2. The Hall–Kier alpha value is -0.160. The van der Waals surface area contributed by atoms with E-state index in [0.717, 1.165) is 6.54 Å². The van der Waals surface area contributed by atoms with Crippen LogP contribution in [-0.4, -0.2) is 62.6 Å². The van der Waals surface area contributed by atoms with E-state index >= 15 is 0 Å². The second-order valence-corrected chi connectivity index (χ2v) is 3.97. The number of ether oxygens (including phenoxy) is 1. The Morgan fingerprint density at radius 1 is 1.43 bits per heavy atom. The van der Waals surface area contributed by atoms with Gasteiger partial charge in [-0.3, -0.25) is 0 Å². The van der Waals surface area contributed by atoms with Gasteiger partial charge >= 0.3 is 0 Å². The fourth-order valence-corrected chi connectivity index (χ4v) is 1.13. The van der Waals surface area contributed by atoms with Crippen LogP contribution in [0.3, 0.4) is 0 Å². The number of methoxy groups -OCH3 is 1. The first-order chi connectivity index (χ1) is 6.56. The number of nitrogens with one attached hydrogen (secondary N) is 1. The highest BCUT2D eigenvalue weighted by atomic mass is 16.5. The highest BCUT2D eigenvalue weighted by molar-refractivity contribution is 4.65. The molecule has 0 saturated carbocycles. The molecule has 4 heteroatoms. The van der Waals surface area contributed by atoms with Gasteiger partial charge in [0.25, 0.3) is 0 Å². The SMILES string of the molecule is COCCN(C)CC(O)CNC(C)C. The van der Waals surface area contributed by atoms with E-state index in [1.165, 1.54) is 0 Å². The van der Waals surface area contributed by atoms with Crippen LogP contribution < -0.4 is 5.32 Å². The van der Waals surface area contributed by atoms with Crippen molar-refractivity contribution in [3.63, 3.8) is 0 Å². The minimum Gasteiger partial charge on any atom is -0.390 e. The number of hydrogen-bond donors (Lipinski definition) is 2. The first kappa shape index (κ1) is 13.8. The normalized spacial score (nSPS) is 13.9. The van der Waals surface area contributed by atoms with Crippen molar-refractivity contribution in [1.82, 2.24) is 10.2 Å². The quantitative estimate of drug-likeness (QED) is 0.581. The molecule has 0 aromatic heterocycles. The number of rotatable bonds is 8. The van der Waals surface area contributed by atoms with Crippen LogP contribution in [0.25, 0.3) is 0 Å². The maximum absolute atomic E-state index is 9.62. The lowest BCUT2D eigenvalue weighted by Crippen LogP contribution is -2.39. The maximum atomic E-state index is 9.62. The minimum absolute atomic E-state index is 0.306. The highest BCUT2D eigenvalue weighted by Crippen LogP contribution is 1.89. The first-order valence-corrected chi connectivity index (χ1v) is 5.15. The first-order valence-electron chi connectivity index (χ1n) is 5.15. The van der Waals surface area contributed by atoms with Gasteiger partial charge in [-0.25, -0.2) is 0 Å². The zero-order chi connectivity index (χ0) is 11.0. The van der Waals surface area contributed by atoms with Crippen LogP contribution in [0.2, 0.25) is 0 Å². The Bertz CT molecular complexity index is 131. The van der Waals surface area contributed by atoms with Gasteiger partial charge in [-0.15, -0.1) is 0 Å². The van der Waals surface area contributed by atoms with Gasteiger partial charge in [-0.05, 0) is 7.05 Å². The third-order valence-electron chi connectivity index (χ3n) is 1.96. The minimum atomic E-state index is -0.306. The van der Waals surface area contributed by atoms with Crippen molar-refractivity contribution in [1.29, 1.82) is 0 Å². The Kier molecular flexibility index (Phi) is 8.08. The van der Waals surface area contributed by atoms with Gasteiger partial charge in [-0.1, -0.05) is 13.8 Å². The molecule has 0 radical (unpaired) electrons. The summed E-state index contributed by atoms with van der Waals surface area (Å²) in [6, 6.07) is 0.425. The average molecular weight is 204 g/mol. The summed E-state index contributed by atoms with van der Waals surface area (Å²) in [7, 11) is 3.67. The number of nitrogens with zero attached hydrogens (tertiary/aromatic N) is 1. The summed E-state index contributed by atoms with van der Waals surface area (Å²) >= 11 is 0. The van der Waals surface area contributed by atoms with Crippen LogP contribution in [-0.2, 0) is 4.74 Å². The predicted octanol–water partition coefficient (Wildman–Crippen LogP) is -0.0765. The third-order valence-corrected chi connectivity index (χ3v) is 1.96. The van der Waals surface area contributed by atoms with Gasteiger partial charge < -0.3 is 20.1 Å². The van der Waals surface area contributed by atoms with Crippen LogP contribution in [0.5, 0.6) is 0 Å². The van der Waals surface area contributed by atoms with Crippen LogP contribution >= 0.6 is 0 Å². The summed E-state index contributed by atoms with van der Waals surface area (Å²) < 4.78 is 4.95. The molecule has 0 rings (SSSR count). The van der Waals surface area contributed by atoms with Crippen molar-refractivity contribution in [3.8, 4) is 0 Å². The second-order valence-electron chi connectivity index (χ2n) is 3.97. The number of aliphatic hydroxyl groups is 1. The van der Waals surface area contributed by atoms with Gasteiger partial charge in [0, 0.05) is 32.8 Å². The van der Waals surface area contributed by atoms with Crippen LogP contribution in [0.1, 0.15) is 13.8 Å². The molecule has 1 atom stereocenters. The standard InChI is InChI=1S/C10H24N2O2/c1-9(2)11-7-10(13)8-12(3)5-6-14-4/h9-11,13H,5-8H2,1-4H3. The molecule has 0 fully saturated rings. The summed E-state index contributed by atoms with van der Waals surface area (Å²) in [4.78, 5) is 2.07. The lowest BCUT2D eigenvalue weighted by atomic mass is 10.3. The molecule has 0 aromatic rings. The second kappa shape index (κ2) is 8.17. The topological polar surface area (TPSA) is 44.7 Å². The highest BCUT2D eigenvalue weighted by Gasteiger charge is 2.07. The third kappa shape index (κ3) is 8.44. The molecule has 0 spiro atoms. The van der Waals surface area contributed by atoms with Gasteiger partial charge in [0.05, 0.1) is 12.7 Å². The summed E-state index contributed by atoms with van der Waals surface area (Å²) in [5.41, 5.74) is 0. The fourth-order valence-electron chi connectivity index (χ4n) is 1.13. The smallest absolute Gasteiger partial charge is 0.0791 e. The Labute approximate surface area is 87.2 Å². The maximum Gasteiger partial charge on any atom is 0.0791 e. The van der Waals surface area contributed by atoms with Crippen LogP contribution in [0, 0.1) is 0 Å². The number of aliphatic hydroxyl groups excluding tert-OH is 1. The molecule has 4 nitrogen and oxygen atoms in total. The van der Waals surface area contributed by atoms with Crippen molar-refractivity contribution in [2.75, 3.05) is 40.4 Å². The van der Waals surface area contributed by atoms with Crippen molar-refractivity contribution >= 4 is 0 Å². The largest absolute Gasteiger partial charge is 0.390 e. The molecule has 0 aromatic carbocycles. The summed E-state index contributed by atoms with van der Waals surface area (Å²) in [6.45, 7) is 7.04. The molecule has 0 amide bonds. The van der Waals surface area contributed by atoms with Gasteiger partial charge in [0.15, 0.2) is 0 Å². The van der Waals surface area contributed by atoms with E-state index in [4.69, 9.17) is 4.74 Å². The predicted molar refractivity (Wildman–Crippen MR) is 58.5 cm³/mol. The van der Waals surface area contributed by atoms with Gasteiger partial charge in [-0.2, -0.15) is 0 Å². The number of likely N-dealkylation sites (N-methyl/N-ethyl adjacent to an activating group) is 1. The van der Waals surface area contributed by atoms with E-state index in [-0.39, 0.29) is 6.10 Å². The summed E-state index contributed by atoms with van der Waals surface area (Å²) in [6.07, 6.45) is -0.306. The lowest BCUT2D eigenvalue weighted by molar-refractivity contribution is 0.101. The van der Waals surface area contributed by atoms with Gasteiger partial charge in [0.1, 0.15) is 0 Å². The molecule has 0 aliphatic heterocycles. The average Bonchev–Trinajstić information content (AvgIpc) is 2.11. The molecule has 86 valence electrons. The molecule has 0 aliphatic carbocycles. The molecule has 1 unspecified atom stereocenters. The zero-order valence-electron chi connectivity index (χ0n) is 9.79. The van der Waals surface area contributed by atoms with E-state index in [2.05, 4.69) is 24.1 Å². The van der Waals surface area contributed by atoms with Crippen molar-refractivity contribution in [2.45, 2.75) is 26.0 Å². The molecular weight excluding hydrogens is 180 g/mol. The lowest BCUT2D eigenvalue weighted by Gasteiger charge is -2.21. The molecule has 0 saturated heterocycles. The molecule has 0 heterocycles. The van der Waals surface area contributed by atoms with E-state index in [0.29, 0.717) is 25.7 Å². The molecule has 14 heavy (non-hydrogen) atoms. The fraction of sp³-hybridized carbons (Fsp3) is 1.00. The van der Waals surface area contributed by atoms with Crippen molar-refractivity contribution in [3.05, 3.63) is 0 Å². The van der Waals surface area contributed by atoms with Gasteiger partial charge in [0.2, 0.25) is 0 Å². The van der Waals surface area contributed by atoms with E-state index in [1.807, 2.05) is 7.05 Å². The molecule has 0 aliphatic rings. The Balaban J connectivity index is 3.44. The molecule has 2 N–H and O–H groups in total. The zero-order valence-corrected chi connectivity index (χ0v) is 9.79. The van der Waals surface area contributed by atoms with E-state index in [9.17, 15) is 5.11 Å². The van der Waals surface area contributed by atoms with Crippen molar-refractivity contribution in [2.24, 2.45) is 0 Å². The van der Waals surface area contributed by atoms with E-state index < -0.39 is 0 Å².